The molecule has 0 N–H and O–H groups in total. The molecule has 0 saturated carbocycles. The SMILES string of the molecule is S=C=Nc1cc(-c2cccnc2)ncn1. The molecule has 4 nitrogen and oxygen atoms in total. The molecule has 0 atom stereocenters. The van der Waals surface area contributed by atoms with E-state index < -0.39 is 0 Å². The fourth-order valence-electron chi connectivity index (χ4n) is 1.13. The molecule has 0 bridgehead atoms. The summed E-state index contributed by atoms with van der Waals surface area (Å²) in [6, 6.07) is 5.50. The summed E-state index contributed by atoms with van der Waals surface area (Å²) in [5.41, 5.74) is 1.68. The number of aromatic nitrogens is 3. The second-order valence-corrected chi connectivity index (χ2v) is 2.89. The molecule has 0 unspecified atom stereocenters. The van der Waals surface area contributed by atoms with Gasteiger partial charge in [-0.2, -0.15) is 4.99 Å². The molecule has 5 heteroatoms. The van der Waals surface area contributed by atoms with E-state index in [1.807, 2.05) is 12.1 Å². The lowest BCUT2D eigenvalue weighted by Crippen LogP contribution is -1.85. The first-order valence-electron chi connectivity index (χ1n) is 4.20. The molecule has 15 heavy (non-hydrogen) atoms. The molecule has 0 aliphatic heterocycles. The maximum atomic E-state index is 4.50. The topological polar surface area (TPSA) is 51.0 Å². The number of aliphatic imine (C=N–C) groups is 1. The van der Waals surface area contributed by atoms with Crippen molar-refractivity contribution in [2.24, 2.45) is 4.99 Å². The number of hydrogen-bond acceptors (Lipinski definition) is 5. The van der Waals surface area contributed by atoms with Crippen LogP contribution >= 0.6 is 12.2 Å². The number of pyridine rings is 1. The largest absolute Gasteiger partial charge is 0.264 e. The fourth-order valence-corrected chi connectivity index (χ4v) is 1.22. The van der Waals surface area contributed by atoms with Crippen LogP contribution in [0.2, 0.25) is 0 Å². The summed E-state index contributed by atoms with van der Waals surface area (Å²) < 4.78 is 0. The lowest BCUT2D eigenvalue weighted by molar-refractivity contribution is 1.15. The van der Waals surface area contributed by atoms with Gasteiger partial charge in [0.2, 0.25) is 0 Å². The number of rotatable bonds is 2. The molecule has 2 aromatic heterocycles. The standard InChI is InChI=1S/C10H6N4S/c15-7-14-10-4-9(12-6-13-10)8-2-1-3-11-5-8/h1-6H. The van der Waals surface area contributed by atoms with E-state index in [2.05, 4.69) is 37.3 Å². The van der Waals surface area contributed by atoms with E-state index in [0.717, 1.165) is 11.3 Å². The van der Waals surface area contributed by atoms with Crippen LogP contribution in [0.15, 0.2) is 41.9 Å². The summed E-state index contributed by atoms with van der Waals surface area (Å²) in [6.07, 6.45) is 4.88. The Balaban J connectivity index is 2.46. The molecule has 0 fully saturated rings. The van der Waals surface area contributed by atoms with Crippen molar-refractivity contribution in [3.8, 4) is 11.3 Å². The second-order valence-electron chi connectivity index (χ2n) is 2.71. The van der Waals surface area contributed by atoms with Crippen LogP contribution in [0.4, 0.5) is 5.82 Å². The van der Waals surface area contributed by atoms with Gasteiger partial charge in [0.25, 0.3) is 0 Å². The lowest BCUT2D eigenvalue weighted by Gasteiger charge is -1.98. The molecule has 0 saturated heterocycles. The molecule has 0 aliphatic carbocycles. The highest BCUT2D eigenvalue weighted by Gasteiger charge is 2.00. The maximum Gasteiger partial charge on any atom is 0.166 e. The van der Waals surface area contributed by atoms with Crippen molar-refractivity contribution in [2.75, 3.05) is 0 Å². The van der Waals surface area contributed by atoms with Gasteiger partial charge in [-0.05, 0) is 24.4 Å². The monoisotopic (exact) mass is 214 g/mol. The van der Waals surface area contributed by atoms with E-state index in [1.165, 1.54) is 6.33 Å². The summed E-state index contributed by atoms with van der Waals surface area (Å²) in [5, 5.41) is 2.27. The van der Waals surface area contributed by atoms with E-state index in [9.17, 15) is 0 Å². The first-order valence-corrected chi connectivity index (χ1v) is 4.61. The molecule has 0 radical (unpaired) electrons. The highest BCUT2D eigenvalue weighted by Crippen LogP contribution is 2.18. The van der Waals surface area contributed by atoms with Crippen LogP contribution in [0, 0.1) is 0 Å². The van der Waals surface area contributed by atoms with E-state index in [1.54, 1.807) is 18.5 Å². The molecule has 0 aromatic carbocycles. The minimum absolute atomic E-state index is 0.499. The Labute approximate surface area is 91.8 Å². The second kappa shape index (κ2) is 4.50. The van der Waals surface area contributed by atoms with Crippen LogP contribution in [0.25, 0.3) is 11.3 Å². The van der Waals surface area contributed by atoms with E-state index in [-0.39, 0.29) is 0 Å². The number of nitrogens with zero attached hydrogens (tertiary/aromatic N) is 4. The zero-order valence-corrected chi connectivity index (χ0v) is 8.48. The van der Waals surface area contributed by atoms with Gasteiger partial charge in [0.1, 0.15) is 6.33 Å². The normalized spacial score (nSPS) is 9.33. The molecule has 0 spiro atoms. The third-order valence-electron chi connectivity index (χ3n) is 1.77. The number of hydrogen-bond donors (Lipinski definition) is 0. The minimum atomic E-state index is 0.499. The average Bonchev–Trinajstić information content (AvgIpc) is 2.31. The first kappa shape index (κ1) is 9.58. The van der Waals surface area contributed by atoms with E-state index in [4.69, 9.17) is 0 Å². The van der Waals surface area contributed by atoms with Gasteiger partial charge >= 0.3 is 0 Å². The molecule has 0 amide bonds. The predicted octanol–water partition coefficient (Wildman–Crippen LogP) is 2.27. The third kappa shape index (κ3) is 2.28. The zero-order chi connectivity index (χ0) is 10.5. The van der Waals surface area contributed by atoms with Crippen LogP contribution in [-0.2, 0) is 0 Å². The van der Waals surface area contributed by atoms with Crippen molar-refractivity contribution >= 4 is 23.2 Å². The Morgan fingerprint density at radius 2 is 2.27 bits per heavy atom. The highest BCUT2D eigenvalue weighted by molar-refractivity contribution is 7.78. The summed E-state index contributed by atoms with van der Waals surface area (Å²) in [7, 11) is 0. The Hall–Kier alpha value is -1.97. The van der Waals surface area contributed by atoms with Crippen molar-refractivity contribution in [3.05, 3.63) is 36.9 Å². The van der Waals surface area contributed by atoms with Crippen LogP contribution < -0.4 is 0 Å². The Kier molecular flexibility index (Phi) is 2.88. The molecule has 2 heterocycles. The molecule has 72 valence electrons. The van der Waals surface area contributed by atoms with Gasteiger partial charge in [-0.25, -0.2) is 9.97 Å². The van der Waals surface area contributed by atoms with Crippen LogP contribution in [0.1, 0.15) is 0 Å². The molecular weight excluding hydrogens is 208 g/mol. The van der Waals surface area contributed by atoms with Gasteiger partial charge in [-0.15, -0.1) is 0 Å². The predicted molar refractivity (Wildman–Crippen MR) is 59.9 cm³/mol. The number of isothiocyanates is 1. The van der Waals surface area contributed by atoms with E-state index in [0.29, 0.717) is 5.82 Å². The van der Waals surface area contributed by atoms with Gasteiger partial charge in [0.15, 0.2) is 5.82 Å². The highest BCUT2D eigenvalue weighted by atomic mass is 32.1. The van der Waals surface area contributed by atoms with Gasteiger partial charge in [0.05, 0.1) is 10.9 Å². The molecule has 2 rings (SSSR count). The summed E-state index contributed by atoms with van der Waals surface area (Å²) in [5.74, 6) is 0.499. The summed E-state index contributed by atoms with van der Waals surface area (Å²) in [6.45, 7) is 0. The summed E-state index contributed by atoms with van der Waals surface area (Å²) >= 11 is 4.50. The zero-order valence-electron chi connectivity index (χ0n) is 7.66. The quantitative estimate of drug-likeness (QED) is 0.568. The Morgan fingerprint density at radius 3 is 3.00 bits per heavy atom. The van der Waals surface area contributed by atoms with Crippen LogP contribution in [-0.4, -0.2) is 20.1 Å². The van der Waals surface area contributed by atoms with Gasteiger partial charge in [-0.3, -0.25) is 4.98 Å². The third-order valence-corrected chi connectivity index (χ3v) is 1.86. The average molecular weight is 214 g/mol. The lowest BCUT2D eigenvalue weighted by atomic mass is 10.2. The molecule has 0 aliphatic rings. The van der Waals surface area contributed by atoms with Gasteiger partial charge in [-0.1, -0.05) is 0 Å². The van der Waals surface area contributed by atoms with Crippen LogP contribution in [0.5, 0.6) is 0 Å². The van der Waals surface area contributed by atoms with Gasteiger partial charge < -0.3 is 0 Å². The maximum absolute atomic E-state index is 4.50. The Morgan fingerprint density at radius 1 is 1.33 bits per heavy atom. The smallest absolute Gasteiger partial charge is 0.166 e. The van der Waals surface area contributed by atoms with Crippen molar-refractivity contribution in [1.82, 2.24) is 15.0 Å². The van der Waals surface area contributed by atoms with Gasteiger partial charge in [0, 0.05) is 24.0 Å². The first-order chi connectivity index (χ1) is 7.40. The van der Waals surface area contributed by atoms with Crippen molar-refractivity contribution < 1.29 is 0 Å². The summed E-state index contributed by atoms with van der Waals surface area (Å²) in [4.78, 5) is 15.8. The fraction of sp³-hybridized carbons (Fsp3) is 0. The van der Waals surface area contributed by atoms with Crippen molar-refractivity contribution in [3.63, 3.8) is 0 Å². The molecule has 2 aromatic rings. The Bertz CT molecular complexity index is 506. The molecular formula is C10H6N4S. The van der Waals surface area contributed by atoms with Crippen LogP contribution in [0.3, 0.4) is 0 Å². The van der Waals surface area contributed by atoms with Crippen molar-refractivity contribution in [2.45, 2.75) is 0 Å². The van der Waals surface area contributed by atoms with Crippen molar-refractivity contribution in [1.29, 1.82) is 0 Å². The minimum Gasteiger partial charge on any atom is -0.264 e. The van der Waals surface area contributed by atoms with E-state index >= 15 is 0 Å². The number of thiocarbonyl (C=S) groups is 1.